The molecule has 0 saturated carbocycles. The summed E-state index contributed by atoms with van der Waals surface area (Å²) in [6.45, 7) is 9.13. The molecule has 1 heterocycles. The summed E-state index contributed by atoms with van der Waals surface area (Å²) in [6.07, 6.45) is 0.960. The van der Waals surface area contributed by atoms with Crippen molar-refractivity contribution in [1.29, 1.82) is 0 Å². The minimum absolute atomic E-state index is 0.322. The molecule has 0 aliphatic rings. The Bertz CT molecular complexity index is 543. The largest absolute Gasteiger partial charge is 0.372 e. The normalized spacial score (nSPS) is 12.4. The van der Waals surface area contributed by atoms with E-state index in [0.29, 0.717) is 12.5 Å². The first-order chi connectivity index (χ1) is 10.2. The standard InChI is InChI=1S/C17H25N3S/c1-4-20(5-2)16-8-6-14(7-9-16)10-15(11-18)17-19-13(3)12-21-17/h6-9,12,15H,4-5,10-11,18H2,1-3H3. The fraction of sp³-hybridized carbons (Fsp3) is 0.471. The maximum Gasteiger partial charge on any atom is 0.0975 e. The molecule has 0 amide bonds. The third-order valence-electron chi connectivity index (χ3n) is 3.82. The lowest BCUT2D eigenvalue weighted by atomic mass is 9.99. The molecule has 0 radical (unpaired) electrons. The molecule has 0 fully saturated rings. The van der Waals surface area contributed by atoms with Crippen LogP contribution in [0.5, 0.6) is 0 Å². The Morgan fingerprint density at radius 1 is 1.19 bits per heavy atom. The van der Waals surface area contributed by atoms with E-state index in [1.807, 2.05) is 6.92 Å². The Balaban J connectivity index is 2.08. The van der Waals surface area contributed by atoms with E-state index in [2.05, 4.69) is 53.4 Å². The molecule has 0 aliphatic heterocycles. The summed E-state index contributed by atoms with van der Waals surface area (Å²) in [5.74, 6) is 0.322. The SMILES string of the molecule is CCN(CC)c1ccc(CC(CN)c2nc(C)cs2)cc1. The maximum absolute atomic E-state index is 5.94. The van der Waals surface area contributed by atoms with Crippen molar-refractivity contribution in [3.8, 4) is 0 Å². The van der Waals surface area contributed by atoms with Crippen molar-refractivity contribution in [3.63, 3.8) is 0 Å². The van der Waals surface area contributed by atoms with Crippen LogP contribution in [0.1, 0.15) is 36.0 Å². The zero-order valence-electron chi connectivity index (χ0n) is 13.2. The van der Waals surface area contributed by atoms with Crippen LogP contribution in [0, 0.1) is 6.92 Å². The predicted molar refractivity (Wildman–Crippen MR) is 92.4 cm³/mol. The van der Waals surface area contributed by atoms with Crippen LogP contribution in [0.25, 0.3) is 0 Å². The van der Waals surface area contributed by atoms with Gasteiger partial charge in [0.2, 0.25) is 0 Å². The summed E-state index contributed by atoms with van der Waals surface area (Å²) in [7, 11) is 0. The van der Waals surface area contributed by atoms with E-state index in [9.17, 15) is 0 Å². The number of anilines is 1. The highest BCUT2D eigenvalue weighted by molar-refractivity contribution is 7.09. The number of aromatic nitrogens is 1. The minimum atomic E-state index is 0.322. The highest BCUT2D eigenvalue weighted by Crippen LogP contribution is 2.24. The van der Waals surface area contributed by atoms with Crippen molar-refractivity contribution in [3.05, 3.63) is 45.9 Å². The average molecular weight is 303 g/mol. The van der Waals surface area contributed by atoms with Crippen LogP contribution in [0.2, 0.25) is 0 Å². The number of hydrogen-bond donors (Lipinski definition) is 1. The number of thiazole rings is 1. The first-order valence-corrected chi connectivity index (χ1v) is 8.51. The van der Waals surface area contributed by atoms with Gasteiger partial charge in [-0.05, 0) is 44.9 Å². The number of benzene rings is 1. The Morgan fingerprint density at radius 2 is 1.86 bits per heavy atom. The molecule has 4 heteroatoms. The van der Waals surface area contributed by atoms with E-state index in [1.54, 1.807) is 11.3 Å². The number of hydrogen-bond acceptors (Lipinski definition) is 4. The number of rotatable bonds is 7. The van der Waals surface area contributed by atoms with Gasteiger partial charge in [-0.3, -0.25) is 0 Å². The molecule has 1 aromatic heterocycles. The van der Waals surface area contributed by atoms with E-state index in [-0.39, 0.29) is 0 Å². The Hall–Kier alpha value is -1.39. The second-order valence-electron chi connectivity index (χ2n) is 5.30. The van der Waals surface area contributed by atoms with Gasteiger partial charge in [0.25, 0.3) is 0 Å². The van der Waals surface area contributed by atoms with Gasteiger partial charge in [0.05, 0.1) is 5.01 Å². The second-order valence-corrected chi connectivity index (χ2v) is 6.19. The summed E-state index contributed by atoms with van der Waals surface area (Å²) in [5, 5.41) is 3.25. The molecular formula is C17H25N3S. The lowest BCUT2D eigenvalue weighted by Crippen LogP contribution is -2.21. The Kier molecular flexibility index (Phi) is 5.76. The summed E-state index contributed by atoms with van der Waals surface area (Å²) in [5.41, 5.74) is 9.65. The fourth-order valence-electron chi connectivity index (χ4n) is 2.55. The van der Waals surface area contributed by atoms with Gasteiger partial charge in [0.15, 0.2) is 0 Å². The van der Waals surface area contributed by atoms with Crippen LogP contribution in [0.15, 0.2) is 29.6 Å². The molecule has 2 N–H and O–H groups in total. The summed E-state index contributed by atoms with van der Waals surface area (Å²) >= 11 is 1.72. The third-order valence-corrected chi connectivity index (χ3v) is 4.94. The molecule has 0 bridgehead atoms. The van der Waals surface area contributed by atoms with Crippen LogP contribution in [-0.2, 0) is 6.42 Å². The van der Waals surface area contributed by atoms with Crippen molar-refractivity contribution in [2.75, 3.05) is 24.5 Å². The van der Waals surface area contributed by atoms with E-state index < -0.39 is 0 Å². The van der Waals surface area contributed by atoms with Gasteiger partial charge < -0.3 is 10.6 Å². The lowest BCUT2D eigenvalue weighted by molar-refractivity contribution is 0.687. The molecule has 0 aliphatic carbocycles. The molecular weight excluding hydrogens is 278 g/mol. The Labute approximate surface area is 131 Å². The quantitative estimate of drug-likeness (QED) is 0.850. The van der Waals surface area contributed by atoms with E-state index in [1.165, 1.54) is 11.3 Å². The van der Waals surface area contributed by atoms with Crippen LogP contribution < -0.4 is 10.6 Å². The molecule has 2 rings (SSSR count). The van der Waals surface area contributed by atoms with Gasteiger partial charge in [-0.2, -0.15) is 0 Å². The van der Waals surface area contributed by atoms with Crippen LogP contribution >= 0.6 is 11.3 Å². The molecule has 1 atom stereocenters. The van der Waals surface area contributed by atoms with Crippen LogP contribution in [-0.4, -0.2) is 24.6 Å². The van der Waals surface area contributed by atoms with Crippen molar-refractivity contribution in [1.82, 2.24) is 4.98 Å². The highest BCUT2D eigenvalue weighted by Gasteiger charge is 2.14. The molecule has 0 saturated heterocycles. The van der Waals surface area contributed by atoms with Crippen LogP contribution in [0.3, 0.4) is 0 Å². The van der Waals surface area contributed by atoms with Gasteiger partial charge in [-0.1, -0.05) is 12.1 Å². The fourth-order valence-corrected chi connectivity index (χ4v) is 3.46. The average Bonchev–Trinajstić information content (AvgIpc) is 2.94. The van der Waals surface area contributed by atoms with Crippen molar-refractivity contribution < 1.29 is 0 Å². The molecule has 3 nitrogen and oxygen atoms in total. The number of nitrogens with two attached hydrogens (primary N) is 1. The minimum Gasteiger partial charge on any atom is -0.372 e. The summed E-state index contributed by atoms with van der Waals surface area (Å²) in [6, 6.07) is 8.86. The molecule has 21 heavy (non-hydrogen) atoms. The van der Waals surface area contributed by atoms with Gasteiger partial charge in [0, 0.05) is 42.3 Å². The van der Waals surface area contributed by atoms with E-state index >= 15 is 0 Å². The first kappa shape index (κ1) is 16.0. The second kappa shape index (κ2) is 7.57. The molecule has 114 valence electrons. The summed E-state index contributed by atoms with van der Waals surface area (Å²) in [4.78, 5) is 6.94. The summed E-state index contributed by atoms with van der Waals surface area (Å²) < 4.78 is 0. The molecule has 0 spiro atoms. The van der Waals surface area contributed by atoms with Gasteiger partial charge >= 0.3 is 0 Å². The van der Waals surface area contributed by atoms with Gasteiger partial charge in [-0.25, -0.2) is 4.98 Å². The molecule has 2 aromatic rings. The number of nitrogens with zero attached hydrogens (tertiary/aromatic N) is 2. The lowest BCUT2D eigenvalue weighted by Gasteiger charge is -2.21. The zero-order valence-corrected chi connectivity index (χ0v) is 14.0. The van der Waals surface area contributed by atoms with Crippen molar-refractivity contribution in [2.45, 2.75) is 33.1 Å². The smallest absolute Gasteiger partial charge is 0.0975 e. The van der Waals surface area contributed by atoms with Crippen molar-refractivity contribution in [2.24, 2.45) is 5.73 Å². The number of aryl methyl sites for hydroxylation is 1. The van der Waals surface area contributed by atoms with Gasteiger partial charge in [0.1, 0.15) is 0 Å². The van der Waals surface area contributed by atoms with Gasteiger partial charge in [-0.15, -0.1) is 11.3 Å². The third kappa shape index (κ3) is 4.05. The zero-order chi connectivity index (χ0) is 15.2. The maximum atomic E-state index is 5.94. The molecule has 1 unspecified atom stereocenters. The van der Waals surface area contributed by atoms with Crippen molar-refractivity contribution >= 4 is 17.0 Å². The highest BCUT2D eigenvalue weighted by atomic mass is 32.1. The van der Waals surface area contributed by atoms with E-state index in [0.717, 1.165) is 30.2 Å². The molecule has 1 aromatic carbocycles. The predicted octanol–water partition coefficient (Wildman–Crippen LogP) is 3.58. The Morgan fingerprint density at radius 3 is 2.33 bits per heavy atom. The van der Waals surface area contributed by atoms with E-state index in [4.69, 9.17) is 5.73 Å². The van der Waals surface area contributed by atoms with Crippen LogP contribution in [0.4, 0.5) is 5.69 Å². The monoisotopic (exact) mass is 303 g/mol. The topological polar surface area (TPSA) is 42.1 Å². The first-order valence-electron chi connectivity index (χ1n) is 7.63.